The van der Waals surface area contributed by atoms with E-state index in [1.54, 1.807) is 4.90 Å². The minimum Gasteiger partial charge on any atom is -0.444 e. The maximum Gasteiger partial charge on any atom is 0.410 e. The quantitative estimate of drug-likeness (QED) is 0.843. The molecule has 1 aliphatic heterocycles. The standard InChI is InChI=1S/C14H23N5O2/c1-10-9-11(17-12(15)16-10)18-5-7-19(8-6-18)13(20)21-14(2,3)4/h9H,5-8H2,1-4H3,(H2,15,16,17). The molecule has 2 heterocycles. The summed E-state index contributed by atoms with van der Waals surface area (Å²) in [5.41, 5.74) is 6.05. The number of anilines is 2. The highest BCUT2D eigenvalue weighted by Gasteiger charge is 2.26. The lowest BCUT2D eigenvalue weighted by Crippen LogP contribution is -2.50. The summed E-state index contributed by atoms with van der Waals surface area (Å²) in [6.45, 7) is 10.1. The number of amides is 1. The van der Waals surface area contributed by atoms with E-state index in [4.69, 9.17) is 10.5 Å². The zero-order valence-electron chi connectivity index (χ0n) is 13.1. The molecule has 1 aromatic rings. The zero-order chi connectivity index (χ0) is 15.6. The molecule has 0 atom stereocenters. The summed E-state index contributed by atoms with van der Waals surface area (Å²) in [4.78, 5) is 24.1. The molecule has 0 spiro atoms. The van der Waals surface area contributed by atoms with Crippen LogP contribution in [0.5, 0.6) is 0 Å². The number of aryl methyl sites for hydroxylation is 1. The molecule has 0 aromatic carbocycles. The summed E-state index contributed by atoms with van der Waals surface area (Å²) in [6, 6.07) is 1.90. The van der Waals surface area contributed by atoms with Crippen molar-refractivity contribution in [3.8, 4) is 0 Å². The molecule has 7 heteroatoms. The summed E-state index contributed by atoms with van der Waals surface area (Å²) in [5.74, 6) is 1.09. The van der Waals surface area contributed by atoms with Crippen LogP contribution in [0.15, 0.2) is 6.07 Å². The van der Waals surface area contributed by atoms with E-state index in [-0.39, 0.29) is 12.0 Å². The van der Waals surface area contributed by atoms with Crippen molar-refractivity contribution < 1.29 is 9.53 Å². The van der Waals surface area contributed by atoms with Crippen molar-refractivity contribution in [2.24, 2.45) is 0 Å². The van der Waals surface area contributed by atoms with E-state index in [2.05, 4.69) is 14.9 Å². The van der Waals surface area contributed by atoms with Gasteiger partial charge < -0.3 is 20.3 Å². The van der Waals surface area contributed by atoms with Gasteiger partial charge in [-0.15, -0.1) is 0 Å². The lowest BCUT2D eigenvalue weighted by Gasteiger charge is -2.36. The molecule has 116 valence electrons. The second-order valence-electron chi connectivity index (χ2n) is 6.18. The van der Waals surface area contributed by atoms with Crippen LogP contribution in [0.1, 0.15) is 26.5 Å². The molecule has 0 bridgehead atoms. The number of piperazine rings is 1. The molecule has 1 fully saturated rings. The molecule has 0 radical (unpaired) electrons. The van der Waals surface area contributed by atoms with Crippen LogP contribution in [-0.4, -0.2) is 52.7 Å². The molecule has 21 heavy (non-hydrogen) atoms. The lowest BCUT2D eigenvalue weighted by atomic mass is 10.2. The van der Waals surface area contributed by atoms with Crippen LogP contribution in [0.25, 0.3) is 0 Å². The van der Waals surface area contributed by atoms with Crippen molar-refractivity contribution in [2.45, 2.75) is 33.3 Å². The van der Waals surface area contributed by atoms with E-state index in [0.717, 1.165) is 11.5 Å². The van der Waals surface area contributed by atoms with Crippen LogP contribution in [0.3, 0.4) is 0 Å². The predicted molar refractivity (Wildman–Crippen MR) is 81.2 cm³/mol. The van der Waals surface area contributed by atoms with Crippen molar-refractivity contribution in [1.82, 2.24) is 14.9 Å². The van der Waals surface area contributed by atoms with Gasteiger partial charge in [-0.25, -0.2) is 9.78 Å². The molecule has 1 aliphatic rings. The van der Waals surface area contributed by atoms with Crippen LogP contribution in [0.2, 0.25) is 0 Å². The molecule has 7 nitrogen and oxygen atoms in total. The lowest BCUT2D eigenvalue weighted by molar-refractivity contribution is 0.0240. The minimum absolute atomic E-state index is 0.263. The highest BCUT2D eigenvalue weighted by atomic mass is 16.6. The molecule has 0 saturated carbocycles. The van der Waals surface area contributed by atoms with Gasteiger partial charge >= 0.3 is 6.09 Å². The summed E-state index contributed by atoms with van der Waals surface area (Å²) >= 11 is 0. The zero-order valence-corrected chi connectivity index (χ0v) is 13.1. The predicted octanol–water partition coefficient (Wildman–Crippen LogP) is 1.42. The first-order valence-electron chi connectivity index (χ1n) is 7.08. The number of aromatic nitrogens is 2. The fourth-order valence-corrected chi connectivity index (χ4v) is 2.18. The van der Waals surface area contributed by atoms with Crippen molar-refractivity contribution >= 4 is 17.9 Å². The maximum absolute atomic E-state index is 12.0. The van der Waals surface area contributed by atoms with Gasteiger partial charge in [0.15, 0.2) is 0 Å². The number of carbonyl (C=O) groups excluding carboxylic acids is 1. The van der Waals surface area contributed by atoms with Gasteiger partial charge in [-0.2, -0.15) is 4.98 Å². The first-order chi connectivity index (χ1) is 9.74. The first kappa shape index (κ1) is 15.3. The molecule has 1 saturated heterocycles. The Hall–Kier alpha value is -2.05. The number of ether oxygens (including phenoxy) is 1. The van der Waals surface area contributed by atoms with Gasteiger partial charge in [-0.05, 0) is 27.7 Å². The van der Waals surface area contributed by atoms with Gasteiger partial charge in [0, 0.05) is 37.9 Å². The number of nitrogens with two attached hydrogens (primary N) is 1. The van der Waals surface area contributed by atoms with Crippen LogP contribution in [-0.2, 0) is 4.74 Å². The van der Waals surface area contributed by atoms with Crippen LogP contribution < -0.4 is 10.6 Å². The molecular weight excluding hydrogens is 270 g/mol. The number of rotatable bonds is 1. The molecule has 0 unspecified atom stereocenters. The monoisotopic (exact) mass is 293 g/mol. The van der Waals surface area contributed by atoms with E-state index in [1.807, 2.05) is 33.8 Å². The SMILES string of the molecule is Cc1cc(N2CCN(C(=O)OC(C)(C)C)CC2)nc(N)n1. The second kappa shape index (κ2) is 5.75. The Balaban J connectivity index is 1.95. The largest absolute Gasteiger partial charge is 0.444 e. The number of hydrogen-bond donors (Lipinski definition) is 1. The average molecular weight is 293 g/mol. The van der Waals surface area contributed by atoms with Crippen molar-refractivity contribution in [3.05, 3.63) is 11.8 Å². The Morgan fingerprint density at radius 1 is 1.24 bits per heavy atom. The Bertz CT molecular complexity index is 498. The Morgan fingerprint density at radius 2 is 1.86 bits per heavy atom. The number of nitrogens with zero attached hydrogens (tertiary/aromatic N) is 4. The summed E-state index contributed by atoms with van der Waals surface area (Å²) < 4.78 is 5.38. The Kier molecular flexibility index (Phi) is 4.20. The molecule has 1 aromatic heterocycles. The third-order valence-electron chi connectivity index (χ3n) is 3.11. The van der Waals surface area contributed by atoms with Crippen molar-refractivity contribution in [3.63, 3.8) is 0 Å². The highest BCUT2D eigenvalue weighted by molar-refractivity contribution is 5.68. The number of carbonyl (C=O) groups is 1. The summed E-state index contributed by atoms with van der Waals surface area (Å²) in [5, 5.41) is 0. The minimum atomic E-state index is -0.466. The number of nitrogen functional groups attached to an aromatic ring is 1. The summed E-state index contributed by atoms with van der Waals surface area (Å²) in [7, 11) is 0. The summed E-state index contributed by atoms with van der Waals surface area (Å²) in [6.07, 6.45) is -0.263. The second-order valence-corrected chi connectivity index (χ2v) is 6.18. The first-order valence-corrected chi connectivity index (χ1v) is 7.08. The third-order valence-corrected chi connectivity index (χ3v) is 3.11. The topological polar surface area (TPSA) is 84.6 Å². The smallest absolute Gasteiger partial charge is 0.410 e. The van der Waals surface area contributed by atoms with Gasteiger partial charge in [0.05, 0.1) is 0 Å². The number of hydrogen-bond acceptors (Lipinski definition) is 6. The Morgan fingerprint density at radius 3 is 2.38 bits per heavy atom. The molecule has 2 N–H and O–H groups in total. The van der Waals surface area contributed by atoms with E-state index < -0.39 is 5.60 Å². The fraction of sp³-hybridized carbons (Fsp3) is 0.643. The fourth-order valence-electron chi connectivity index (χ4n) is 2.18. The normalized spacial score (nSPS) is 16.0. The van der Waals surface area contributed by atoms with Crippen molar-refractivity contribution in [1.29, 1.82) is 0 Å². The van der Waals surface area contributed by atoms with Gasteiger partial charge in [0.1, 0.15) is 11.4 Å². The van der Waals surface area contributed by atoms with E-state index >= 15 is 0 Å². The molecule has 1 amide bonds. The van der Waals surface area contributed by atoms with E-state index in [9.17, 15) is 4.79 Å². The van der Waals surface area contributed by atoms with Crippen molar-refractivity contribution in [2.75, 3.05) is 36.8 Å². The van der Waals surface area contributed by atoms with Gasteiger partial charge in [-0.3, -0.25) is 0 Å². The molecule has 0 aliphatic carbocycles. The van der Waals surface area contributed by atoms with Gasteiger partial charge in [0.2, 0.25) is 5.95 Å². The highest BCUT2D eigenvalue weighted by Crippen LogP contribution is 2.17. The third kappa shape index (κ3) is 4.21. The average Bonchev–Trinajstić information content (AvgIpc) is 2.35. The Labute approximate surface area is 125 Å². The van der Waals surface area contributed by atoms with E-state index in [1.165, 1.54) is 0 Å². The molecule has 2 rings (SSSR count). The van der Waals surface area contributed by atoms with Gasteiger partial charge in [-0.1, -0.05) is 0 Å². The van der Waals surface area contributed by atoms with Crippen LogP contribution in [0, 0.1) is 6.92 Å². The van der Waals surface area contributed by atoms with Crippen LogP contribution >= 0.6 is 0 Å². The van der Waals surface area contributed by atoms with Crippen LogP contribution in [0.4, 0.5) is 16.6 Å². The van der Waals surface area contributed by atoms with Gasteiger partial charge in [0.25, 0.3) is 0 Å². The van der Waals surface area contributed by atoms with E-state index in [0.29, 0.717) is 26.2 Å². The molecular formula is C14H23N5O2. The maximum atomic E-state index is 12.0.